The third-order valence-electron chi connectivity index (χ3n) is 3.29. The topological polar surface area (TPSA) is 27.7 Å². The Morgan fingerprint density at radius 2 is 1.00 bits per heavy atom. The Balaban J connectivity index is 3.09. The van der Waals surface area contributed by atoms with E-state index in [2.05, 4.69) is 41.5 Å². The smallest absolute Gasteiger partial charge is 0.0598 e. The van der Waals surface area contributed by atoms with E-state index in [1.54, 1.807) is 0 Å². The fraction of sp³-hybridized carbons (Fsp3) is 1.00. The average Bonchev–Trinajstić information content (AvgIpc) is 2.36. The van der Waals surface area contributed by atoms with Crippen molar-refractivity contribution >= 4 is 0 Å². The van der Waals surface area contributed by atoms with Crippen molar-refractivity contribution in [1.82, 2.24) is 0 Å². The molecule has 0 rings (SSSR count). The minimum atomic E-state index is -0.00848. The van der Waals surface area contributed by atoms with Crippen LogP contribution in [0.25, 0.3) is 0 Å². The second-order valence-electron chi connectivity index (χ2n) is 8.26. The summed E-state index contributed by atoms with van der Waals surface area (Å²) in [5.41, 5.74) is 0.368. The summed E-state index contributed by atoms with van der Waals surface area (Å²) in [6.45, 7) is 17.4. The Morgan fingerprint density at radius 1 is 0.545 bits per heavy atom. The van der Waals surface area contributed by atoms with Crippen LogP contribution in [0.4, 0.5) is 0 Å². The van der Waals surface area contributed by atoms with Crippen molar-refractivity contribution < 1.29 is 14.2 Å². The molecule has 3 nitrogen and oxygen atoms in total. The van der Waals surface area contributed by atoms with Crippen LogP contribution < -0.4 is 0 Å². The van der Waals surface area contributed by atoms with Crippen molar-refractivity contribution in [3.63, 3.8) is 0 Å². The van der Waals surface area contributed by atoms with Gasteiger partial charge in [0.15, 0.2) is 0 Å². The molecule has 0 saturated carbocycles. The Kier molecular flexibility index (Phi) is 12.3. The lowest BCUT2D eigenvalue weighted by Crippen LogP contribution is -2.19. The normalized spacial score (nSPS) is 12.8. The largest absolute Gasteiger partial charge is 0.381 e. The van der Waals surface area contributed by atoms with Crippen molar-refractivity contribution in [2.75, 3.05) is 33.0 Å². The van der Waals surface area contributed by atoms with Gasteiger partial charge in [-0.25, -0.2) is 0 Å². The van der Waals surface area contributed by atoms with Crippen LogP contribution in [0.3, 0.4) is 0 Å². The van der Waals surface area contributed by atoms with Crippen LogP contribution in [0.15, 0.2) is 0 Å². The highest BCUT2D eigenvalue weighted by Gasteiger charge is 2.09. The number of ether oxygens (including phenoxy) is 3. The predicted octanol–water partition coefficient (Wildman–Crippen LogP) is 5.22. The number of hydrogen-bond acceptors (Lipinski definition) is 3. The molecule has 0 atom stereocenters. The van der Waals surface area contributed by atoms with Gasteiger partial charge in [0, 0.05) is 33.0 Å². The van der Waals surface area contributed by atoms with E-state index < -0.39 is 0 Å². The van der Waals surface area contributed by atoms with Crippen molar-refractivity contribution in [2.24, 2.45) is 5.41 Å². The van der Waals surface area contributed by atoms with Gasteiger partial charge in [0.1, 0.15) is 0 Å². The molecule has 3 heteroatoms. The maximum absolute atomic E-state index is 5.69. The highest BCUT2D eigenvalue weighted by molar-refractivity contribution is 4.60. The summed E-state index contributed by atoms with van der Waals surface area (Å²) in [6.07, 6.45) is 6.78. The minimum Gasteiger partial charge on any atom is -0.381 e. The molecule has 22 heavy (non-hydrogen) atoms. The zero-order valence-electron chi connectivity index (χ0n) is 16.0. The monoisotopic (exact) mass is 316 g/mol. The molecule has 0 unspecified atom stereocenters. The standard InChI is InChI=1S/C19H40O3/c1-18(2,3)12-17-21-15-11-10-14-20-13-8-7-9-16-22-19(4,5)6/h7-17H2,1-6H3. The molecule has 0 aromatic rings. The first-order valence-corrected chi connectivity index (χ1v) is 9.00. The summed E-state index contributed by atoms with van der Waals surface area (Å²) >= 11 is 0. The first-order chi connectivity index (χ1) is 10.2. The third-order valence-corrected chi connectivity index (χ3v) is 3.29. The molecule has 0 aromatic carbocycles. The van der Waals surface area contributed by atoms with Gasteiger partial charge in [-0.1, -0.05) is 20.8 Å². The van der Waals surface area contributed by atoms with Gasteiger partial charge in [0.2, 0.25) is 0 Å². The van der Waals surface area contributed by atoms with Gasteiger partial charge < -0.3 is 14.2 Å². The summed E-state index contributed by atoms with van der Waals surface area (Å²) in [5, 5.41) is 0. The second kappa shape index (κ2) is 12.3. The summed E-state index contributed by atoms with van der Waals surface area (Å²) in [4.78, 5) is 0. The molecule has 0 spiro atoms. The Morgan fingerprint density at radius 3 is 1.50 bits per heavy atom. The maximum atomic E-state index is 5.69. The molecule has 0 aliphatic rings. The van der Waals surface area contributed by atoms with Gasteiger partial charge in [-0.05, 0) is 64.7 Å². The molecule has 0 aromatic heterocycles. The van der Waals surface area contributed by atoms with Crippen LogP contribution in [-0.4, -0.2) is 38.6 Å². The van der Waals surface area contributed by atoms with Crippen molar-refractivity contribution in [1.29, 1.82) is 0 Å². The molecule has 0 radical (unpaired) electrons. The molecule has 0 heterocycles. The van der Waals surface area contributed by atoms with Crippen LogP contribution >= 0.6 is 0 Å². The Labute approximate surface area is 139 Å². The Hall–Kier alpha value is -0.120. The maximum Gasteiger partial charge on any atom is 0.0598 e. The summed E-state index contributed by atoms with van der Waals surface area (Å²) in [7, 11) is 0. The number of hydrogen-bond donors (Lipinski definition) is 0. The molecule has 0 aliphatic carbocycles. The second-order valence-corrected chi connectivity index (χ2v) is 8.26. The molecule has 0 aliphatic heterocycles. The summed E-state index contributed by atoms with van der Waals surface area (Å²) in [5.74, 6) is 0. The molecular weight excluding hydrogens is 276 g/mol. The van der Waals surface area contributed by atoms with E-state index in [0.29, 0.717) is 5.41 Å². The summed E-state index contributed by atoms with van der Waals surface area (Å²) in [6, 6.07) is 0. The van der Waals surface area contributed by atoms with Crippen molar-refractivity contribution in [3.8, 4) is 0 Å². The molecular formula is C19H40O3. The van der Waals surface area contributed by atoms with Gasteiger partial charge in [-0.2, -0.15) is 0 Å². The molecule has 0 N–H and O–H groups in total. The lowest BCUT2D eigenvalue weighted by Gasteiger charge is -2.19. The SMILES string of the molecule is CC(C)(C)CCOCCCCOCCCCCOC(C)(C)C. The Bertz CT molecular complexity index is 212. The first kappa shape index (κ1) is 21.9. The molecule has 0 saturated heterocycles. The van der Waals surface area contributed by atoms with Crippen LogP contribution in [-0.2, 0) is 14.2 Å². The van der Waals surface area contributed by atoms with Gasteiger partial charge >= 0.3 is 0 Å². The third kappa shape index (κ3) is 19.9. The van der Waals surface area contributed by atoms with Crippen LogP contribution in [0, 0.1) is 5.41 Å². The zero-order valence-corrected chi connectivity index (χ0v) is 16.0. The fourth-order valence-electron chi connectivity index (χ4n) is 1.85. The number of unbranched alkanes of at least 4 members (excludes halogenated alkanes) is 3. The van der Waals surface area contributed by atoms with E-state index in [-0.39, 0.29) is 5.60 Å². The van der Waals surface area contributed by atoms with Gasteiger partial charge in [0.25, 0.3) is 0 Å². The highest BCUT2D eigenvalue weighted by atomic mass is 16.5. The molecule has 0 fully saturated rings. The van der Waals surface area contributed by atoms with Crippen molar-refractivity contribution in [2.45, 2.75) is 85.7 Å². The van der Waals surface area contributed by atoms with Crippen molar-refractivity contribution in [3.05, 3.63) is 0 Å². The quantitative estimate of drug-likeness (QED) is 0.436. The van der Waals surface area contributed by atoms with E-state index >= 15 is 0 Å². The van der Waals surface area contributed by atoms with Gasteiger partial charge in [-0.3, -0.25) is 0 Å². The first-order valence-electron chi connectivity index (χ1n) is 9.00. The lowest BCUT2D eigenvalue weighted by atomic mass is 9.93. The highest BCUT2D eigenvalue weighted by Crippen LogP contribution is 2.17. The molecule has 0 bridgehead atoms. The van der Waals surface area contributed by atoms with Gasteiger partial charge in [0.05, 0.1) is 5.60 Å². The van der Waals surface area contributed by atoms with Crippen LogP contribution in [0.2, 0.25) is 0 Å². The van der Waals surface area contributed by atoms with Gasteiger partial charge in [-0.15, -0.1) is 0 Å². The number of rotatable bonds is 13. The fourth-order valence-corrected chi connectivity index (χ4v) is 1.85. The lowest BCUT2D eigenvalue weighted by molar-refractivity contribution is -0.00539. The van der Waals surface area contributed by atoms with E-state index in [1.807, 2.05) is 0 Å². The van der Waals surface area contributed by atoms with Crippen LogP contribution in [0.5, 0.6) is 0 Å². The van der Waals surface area contributed by atoms with E-state index in [0.717, 1.165) is 65.1 Å². The van der Waals surface area contributed by atoms with E-state index in [9.17, 15) is 0 Å². The van der Waals surface area contributed by atoms with E-state index in [4.69, 9.17) is 14.2 Å². The summed E-state index contributed by atoms with van der Waals surface area (Å²) < 4.78 is 17.0. The molecule has 0 amide bonds. The van der Waals surface area contributed by atoms with E-state index in [1.165, 1.54) is 6.42 Å². The average molecular weight is 317 g/mol. The minimum absolute atomic E-state index is 0.00848. The van der Waals surface area contributed by atoms with Crippen LogP contribution in [0.1, 0.15) is 80.1 Å². The molecule has 134 valence electrons. The predicted molar refractivity (Wildman–Crippen MR) is 94.5 cm³/mol. The zero-order chi connectivity index (χ0) is 16.9.